The van der Waals surface area contributed by atoms with Crippen LogP contribution in [-0.4, -0.2) is 56.2 Å². The standard InChI is InChI=1S/C36H35N3O7/c1-35(24-11-7-13-26(19-24)37-31(40)22-9-5-15-28(17-22)42-3)33-39-30(21-44-33)45-36(2,34(39)46-35)25-12-8-14-27(20-25)38-32(41)23-10-6-16-29(18-23)43-4/h5-20,30,33-34H,21H2,1-4H3,(H,37,40)(H,38,41)/t30-,33-,34-,35+,36+/m0/s1. The highest BCUT2D eigenvalue weighted by atomic mass is 16.7. The Bertz CT molecular complexity index is 1710. The van der Waals surface area contributed by atoms with Gasteiger partial charge in [-0.1, -0.05) is 36.4 Å². The van der Waals surface area contributed by atoms with Crippen LogP contribution in [0.15, 0.2) is 97.1 Å². The van der Waals surface area contributed by atoms with Crippen LogP contribution in [0.2, 0.25) is 0 Å². The minimum Gasteiger partial charge on any atom is -0.497 e. The van der Waals surface area contributed by atoms with Crippen LogP contribution in [0.3, 0.4) is 0 Å². The molecule has 0 aromatic heterocycles. The van der Waals surface area contributed by atoms with Crippen LogP contribution >= 0.6 is 0 Å². The van der Waals surface area contributed by atoms with E-state index in [0.29, 0.717) is 40.6 Å². The zero-order valence-electron chi connectivity index (χ0n) is 26.0. The Morgan fingerprint density at radius 3 is 1.72 bits per heavy atom. The van der Waals surface area contributed by atoms with Gasteiger partial charge in [-0.15, -0.1) is 0 Å². The van der Waals surface area contributed by atoms with Gasteiger partial charge >= 0.3 is 0 Å². The van der Waals surface area contributed by atoms with Gasteiger partial charge in [0, 0.05) is 22.5 Å². The lowest BCUT2D eigenvalue weighted by Gasteiger charge is -2.33. The van der Waals surface area contributed by atoms with Crippen LogP contribution in [0.5, 0.6) is 11.5 Å². The molecule has 46 heavy (non-hydrogen) atoms. The lowest BCUT2D eigenvalue weighted by molar-refractivity contribution is -0.138. The van der Waals surface area contributed by atoms with Gasteiger partial charge < -0.3 is 34.3 Å². The maximum absolute atomic E-state index is 13.0. The SMILES string of the molecule is COc1cccc(C(=O)Nc2cccc([C@@]3(C)O[C@H]4CO[C@@H]5N4[C@H]3O[C@]5(C)c3cccc(NC(=O)c4cccc(OC)c4)c3)c2)c1. The van der Waals surface area contributed by atoms with E-state index in [9.17, 15) is 9.59 Å². The normalized spacial score (nSPS) is 26.4. The average Bonchev–Trinajstić information content (AvgIpc) is 3.73. The number of anilines is 2. The van der Waals surface area contributed by atoms with Crippen molar-refractivity contribution in [2.75, 3.05) is 31.5 Å². The third kappa shape index (κ3) is 5.09. The zero-order chi connectivity index (χ0) is 32.1. The van der Waals surface area contributed by atoms with Gasteiger partial charge in [0.25, 0.3) is 11.8 Å². The first-order chi connectivity index (χ1) is 22.2. The molecule has 0 aliphatic carbocycles. The largest absolute Gasteiger partial charge is 0.497 e. The van der Waals surface area contributed by atoms with Crippen molar-refractivity contribution in [1.29, 1.82) is 0 Å². The van der Waals surface area contributed by atoms with Crippen LogP contribution in [0.1, 0.15) is 45.7 Å². The number of hydrogen-bond donors (Lipinski definition) is 2. The second-order valence-electron chi connectivity index (χ2n) is 11.9. The Morgan fingerprint density at radius 1 is 0.696 bits per heavy atom. The lowest BCUT2D eigenvalue weighted by atomic mass is 9.93. The van der Waals surface area contributed by atoms with E-state index in [2.05, 4.69) is 15.5 Å². The summed E-state index contributed by atoms with van der Waals surface area (Å²) in [5.74, 6) is 0.727. The molecule has 3 aliphatic heterocycles. The van der Waals surface area contributed by atoms with E-state index >= 15 is 0 Å². The summed E-state index contributed by atoms with van der Waals surface area (Å²) in [4.78, 5) is 28.2. The molecule has 7 rings (SSSR count). The summed E-state index contributed by atoms with van der Waals surface area (Å²) in [7, 11) is 3.14. The van der Waals surface area contributed by atoms with Crippen LogP contribution < -0.4 is 20.1 Å². The Kier molecular flexibility index (Phi) is 7.53. The minimum atomic E-state index is -0.862. The van der Waals surface area contributed by atoms with Crippen molar-refractivity contribution in [2.24, 2.45) is 0 Å². The molecule has 0 radical (unpaired) electrons. The van der Waals surface area contributed by atoms with Crippen LogP contribution in [0.25, 0.3) is 0 Å². The Labute approximate surface area is 267 Å². The number of methoxy groups -OCH3 is 2. The Balaban J connectivity index is 1.13. The average molecular weight is 622 g/mol. The van der Waals surface area contributed by atoms with E-state index in [1.165, 1.54) is 0 Å². The van der Waals surface area contributed by atoms with Gasteiger partial charge in [0.15, 0.2) is 0 Å². The third-order valence-corrected chi connectivity index (χ3v) is 9.00. The molecule has 3 aliphatic rings. The van der Waals surface area contributed by atoms with Gasteiger partial charge in [-0.25, -0.2) is 4.90 Å². The molecule has 236 valence electrons. The van der Waals surface area contributed by atoms with E-state index in [0.717, 1.165) is 11.1 Å². The van der Waals surface area contributed by atoms with Crippen molar-refractivity contribution in [1.82, 2.24) is 4.90 Å². The van der Waals surface area contributed by atoms with Crippen LogP contribution in [0, 0.1) is 0 Å². The van der Waals surface area contributed by atoms with Gasteiger partial charge in [-0.3, -0.25) is 9.59 Å². The molecule has 2 N–H and O–H groups in total. The number of ether oxygens (including phenoxy) is 5. The van der Waals surface area contributed by atoms with Crippen LogP contribution in [-0.2, 0) is 25.4 Å². The smallest absolute Gasteiger partial charge is 0.255 e. The third-order valence-electron chi connectivity index (χ3n) is 9.00. The van der Waals surface area contributed by atoms with E-state index < -0.39 is 23.7 Å². The maximum Gasteiger partial charge on any atom is 0.255 e. The second-order valence-corrected chi connectivity index (χ2v) is 11.9. The molecule has 3 fully saturated rings. The van der Waals surface area contributed by atoms with Crippen molar-refractivity contribution in [3.63, 3.8) is 0 Å². The number of rotatable bonds is 8. The number of amides is 2. The summed E-state index contributed by atoms with van der Waals surface area (Å²) < 4.78 is 30.3. The van der Waals surface area contributed by atoms with Crippen molar-refractivity contribution < 1.29 is 33.3 Å². The fourth-order valence-corrected chi connectivity index (χ4v) is 6.57. The van der Waals surface area contributed by atoms with E-state index in [-0.39, 0.29) is 18.0 Å². The maximum atomic E-state index is 13.0. The van der Waals surface area contributed by atoms with Gasteiger partial charge in [0.05, 0.1) is 20.8 Å². The van der Waals surface area contributed by atoms with Crippen molar-refractivity contribution in [3.05, 3.63) is 119 Å². The predicted molar refractivity (Wildman–Crippen MR) is 171 cm³/mol. The summed E-state index contributed by atoms with van der Waals surface area (Å²) in [5, 5.41) is 5.99. The highest BCUT2D eigenvalue weighted by molar-refractivity contribution is 6.05. The fourth-order valence-electron chi connectivity index (χ4n) is 6.57. The predicted octanol–water partition coefficient (Wildman–Crippen LogP) is 5.71. The van der Waals surface area contributed by atoms with Gasteiger partial charge in [0.2, 0.25) is 0 Å². The monoisotopic (exact) mass is 621 g/mol. The summed E-state index contributed by atoms with van der Waals surface area (Å²) in [6.45, 7) is 4.40. The first-order valence-electron chi connectivity index (χ1n) is 15.1. The summed E-state index contributed by atoms with van der Waals surface area (Å²) in [6.07, 6.45) is -1.20. The molecule has 0 bridgehead atoms. The molecule has 4 aromatic rings. The molecular formula is C36H35N3O7. The van der Waals surface area contributed by atoms with Crippen molar-refractivity contribution in [2.45, 2.75) is 43.7 Å². The molecule has 3 heterocycles. The zero-order valence-corrected chi connectivity index (χ0v) is 26.0. The van der Waals surface area contributed by atoms with Gasteiger partial charge in [-0.05, 0) is 85.6 Å². The molecule has 0 spiro atoms. The highest BCUT2D eigenvalue weighted by Gasteiger charge is 2.68. The van der Waals surface area contributed by atoms with E-state index in [1.807, 2.05) is 62.4 Å². The molecule has 3 saturated heterocycles. The lowest BCUT2D eigenvalue weighted by Crippen LogP contribution is -2.40. The Hall–Kier alpha value is -4.74. The number of carbonyl (C=O) groups is 2. The van der Waals surface area contributed by atoms with Crippen LogP contribution in [0.4, 0.5) is 11.4 Å². The van der Waals surface area contributed by atoms with E-state index in [1.54, 1.807) is 62.8 Å². The number of hydrogen-bond acceptors (Lipinski definition) is 8. The number of nitrogens with zero attached hydrogens (tertiary/aromatic N) is 1. The number of benzene rings is 4. The summed E-state index contributed by atoms with van der Waals surface area (Å²) in [5.41, 5.74) is 2.25. The number of nitrogens with one attached hydrogen (secondary N) is 2. The molecule has 10 nitrogen and oxygen atoms in total. The number of carbonyl (C=O) groups excluding carboxylic acids is 2. The van der Waals surface area contributed by atoms with Gasteiger partial charge in [-0.2, -0.15) is 0 Å². The molecule has 4 aromatic carbocycles. The van der Waals surface area contributed by atoms with Crippen molar-refractivity contribution in [3.8, 4) is 11.5 Å². The molecule has 0 unspecified atom stereocenters. The van der Waals surface area contributed by atoms with Gasteiger partial charge in [0.1, 0.15) is 41.4 Å². The second kappa shape index (κ2) is 11.6. The quantitative estimate of drug-likeness (QED) is 0.258. The molecule has 0 saturated carbocycles. The Morgan fingerprint density at radius 2 is 1.20 bits per heavy atom. The first kappa shape index (κ1) is 29.9. The molecule has 2 amide bonds. The molecule has 10 heteroatoms. The topological polar surface area (TPSA) is 108 Å². The van der Waals surface area contributed by atoms with Crippen molar-refractivity contribution >= 4 is 23.2 Å². The summed E-state index contributed by atoms with van der Waals surface area (Å²) in [6, 6.07) is 29.3. The van der Waals surface area contributed by atoms with E-state index in [4.69, 9.17) is 23.7 Å². The summed E-state index contributed by atoms with van der Waals surface area (Å²) >= 11 is 0. The first-order valence-corrected chi connectivity index (χ1v) is 15.1. The minimum absolute atomic E-state index is 0.245. The fraction of sp³-hybridized carbons (Fsp3) is 0.278. The molecular weight excluding hydrogens is 586 g/mol. The highest BCUT2D eigenvalue weighted by Crippen LogP contribution is 2.56. The molecule has 5 atom stereocenters.